The maximum Gasteiger partial charge on any atom is 0.276 e. The van der Waals surface area contributed by atoms with Crippen LogP contribution in [0.25, 0.3) is 0 Å². The lowest BCUT2D eigenvalue weighted by molar-refractivity contribution is -0.130. The monoisotopic (exact) mass is 503 g/mol. The summed E-state index contributed by atoms with van der Waals surface area (Å²) in [6.45, 7) is 9.91. The van der Waals surface area contributed by atoms with Gasteiger partial charge in [-0.05, 0) is 70.1 Å². The predicted octanol–water partition coefficient (Wildman–Crippen LogP) is 4.31. The van der Waals surface area contributed by atoms with Crippen LogP contribution in [0.15, 0.2) is 40.9 Å². The van der Waals surface area contributed by atoms with Crippen LogP contribution in [0.3, 0.4) is 0 Å². The van der Waals surface area contributed by atoms with Crippen molar-refractivity contribution >= 4 is 39.3 Å². The number of carbonyl (C=O) groups excluding carboxylic acids is 3. The lowest BCUT2D eigenvalue weighted by atomic mass is 9.87. The van der Waals surface area contributed by atoms with Gasteiger partial charge >= 0.3 is 0 Å². The minimum atomic E-state index is -0.509. The Morgan fingerprint density at radius 3 is 2.22 bits per heavy atom. The van der Waals surface area contributed by atoms with Gasteiger partial charge in [0.05, 0.1) is 4.47 Å². The summed E-state index contributed by atoms with van der Waals surface area (Å²) in [7, 11) is 0. The highest BCUT2D eigenvalue weighted by Gasteiger charge is 2.16. The van der Waals surface area contributed by atoms with Gasteiger partial charge in [-0.25, -0.2) is 0 Å². The van der Waals surface area contributed by atoms with E-state index in [4.69, 9.17) is 4.74 Å². The molecule has 0 saturated carbocycles. The third kappa shape index (κ3) is 8.00. The second-order valence-electron chi connectivity index (χ2n) is 8.65. The van der Waals surface area contributed by atoms with E-state index < -0.39 is 11.8 Å². The molecule has 0 aliphatic rings. The number of halogens is 1. The zero-order valence-corrected chi connectivity index (χ0v) is 20.7. The number of hydrazine groups is 1. The summed E-state index contributed by atoms with van der Waals surface area (Å²) < 4.78 is 6.26. The number of nitrogens with one attached hydrogen (secondary N) is 3. The molecule has 0 aromatic heterocycles. The van der Waals surface area contributed by atoms with Crippen LogP contribution in [0.2, 0.25) is 0 Å². The first-order chi connectivity index (χ1) is 15.0. The van der Waals surface area contributed by atoms with Gasteiger partial charge in [-0.2, -0.15) is 0 Å². The molecule has 32 heavy (non-hydrogen) atoms. The fourth-order valence-corrected chi connectivity index (χ4v) is 3.27. The van der Waals surface area contributed by atoms with Crippen LogP contribution in [0.4, 0.5) is 5.69 Å². The summed E-state index contributed by atoms with van der Waals surface area (Å²) in [6.07, 6.45) is -0.0592. The Labute approximate surface area is 197 Å². The normalized spacial score (nSPS) is 10.9. The van der Waals surface area contributed by atoms with E-state index in [2.05, 4.69) is 52.9 Å². The van der Waals surface area contributed by atoms with Crippen LogP contribution in [-0.4, -0.2) is 24.3 Å². The Morgan fingerprint density at radius 1 is 0.906 bits per heavy atom. The van der Waals surface area contributed by atoms with Gasteiger partial charge in [0, 0.05) is 18.5 Å². The van der Waals surface area contributed by atoms with E-state index in [0.717, 1.165) is 26.9 Å². The molecule has 0 unspecified atom stereocenters. The summed E-state index contributed by atoms with van der Waals surface area (Å²) in [5.74, 6) is -0.718. The quantitative estimate of drug-likeness (QED) is 0.490. The Bertz CT molecular complexity index is 999. The molecule has 2 aromatic rings. The molecule has 0 aliphatic heterocycles. The van der Waals surface area contributed by atoms with Crippen molar-refractivity contribution in [1.29, 1.82) is 0 Å². The number of hydrogen-bond acceptors (Lipinski definition) is 4. The molecular weight excluding hydrogens is 474 g/mol. The van der Waals surface area contributed by atoms with Gasteiger partial charge in [-0.1, -0.05) is 39.0 Å². The Kier molecular flexibility index (Phi) is 8.83. The van der Waals surface area contributed by atoms with Crippen LogP contribution < -0.4 is 20.9 Å². The largest absolute Gasteiger partial charge is 0.483 e. The molecule has 2 rings (SSSR count). The molecule has 3 amide bonds. The predicted molar refractivity (Wildman–Crippen MR) is 128 cm³/mol. The molecule has 0 fully saturated rings. The SMILES string of the molecule is Cc1ccc(C)c(NC(=O)CCC(=O)NNC(=O)COc2ccc(C(C)(C)C)cc2Br)c1. The number of benzene rings is 2. The Balaban J connectivity index is 1.72. The van der Waals surface area contributed by atoms with E-state index in [-0.39, 0.29) is 30.8 Å². The number of aryl methyl sites for hydroxylation is 2. The molecule has 7 nitrogen and oxygen atoms in total. The van der Waals surface area contributed by atoms with Crippen LogP contribution in [-0.2, 0) is 19.8 Å². The highest BCUT2D eigenvalue weighted by molar-refractivity contribution is 9.10. The fraction of sp³-hybridized carbons (Fsp3) is 0.375. The topological polar surface area (TPSA) is 96.5 Å². The van der Waals surface area contributed by atoms with Crippen molar-refractivity contribution in [2.45, 2.75) is 52.9 Å². The summed E-state index contributed by atoms with van der Waals surface area (Å²) in [4.78, 5) is 36.0. The average molecular weight is 504 g/mol. The maximum atomic E-state index is 12.1. The summed E-state index contributed by atoms with van der Waals surface area (Å²) >= 11 is 3.45. The first-order valence-corrected chi connectivity index (χ1v) is 11.1. The van der Waals surface area contributed by atoms with Gasteiger partial charge in [-0.15, -0.1) is 0 Å². The Hall–Kier alpha value is -2.87. The molecule has 0 bridgehead atoms. The number of ether oxygens (including phenoxy) is 1. The zero-order chi connectivity index (χ0) is 23.9. The Morgan fingerprint density at radius 2 is 1.56 bits per heavy atom. The van der Waals surface area contributed by atoms with Crippen LogP contribution in [0.1, 0.15) is 50.3 Å². The first kappa shape index (κ1) is 25.4. The highest BCUT2D eigenvalue weighted by Crippen LogP contribution is 2.31. The van der Waals surface area contributed by atoms with Gasteiger partial charge in [0.15, 0.2) is 6.61 Å². The van der Waals surface area contributed by atoms with Gasteiger partial charge in [-0.3, -0.25) is 25.2 Å². The number of carbonyl (C=O) groups is 3. The molecule has 0 heterocycles. The second kappa shape index (κ2) is 11.1. The van der Waals surface area contributed by atoms with Crippen molar-refractivity contribution in [3.8, 4) is 5.75 Å². The molecule has 0 atom stereocenters. The minimum absolute atomic E-state index is 0.00133. The van der Waals surface area contributed by atoms with Crippen LogP contribution in [0, 0.1) is 13.8 Å². The molecular formula is C24H30BrN3O4. The molecule has 0 radical (unpaired) electrons. The molecule has 8 heteroatoms. The van der Waals surface area contributed by atoms with Crippen molar-refractivity contribution in [1.82, 2.24) is 10.9 Å². The minimum Gasteiger partial charge on any atom is -0.483 e. The van der Waals surface area contributed by atoms with E-state index in [9.17, 15) is 14.4 Å². The third-order valence-corrected chi connectivity index (χ3v) is 5.36. The van der Waals surface area contributed by atoms with E-state index in [1.807, 2.05) is 44.2 Å². The standard InChI is InChI=1S/C24H30BrN3O4/c1-15-6-7-16(2)19(12-15)26-21(29)10-11-22(30)27-28-23(31)14-32-20-9-8-17(13-18(20)25)24(3,4)5/h6-9,12-13H,10-11,14H2,1-5H3,(H,26,29)(H,27,30)(H,28,31). The van der Waals surface area contributed by atoms with E-state index in [1.165, 1.54) is 0 Å². The van der Waals surface area contributed by atoms with E-state index in [0.29, 0.717) is 5.75 Å². The van der Waals surface area contributed by atoms with Crippen LogP contribution >= 0.6 is 15.9 Å². The average Bonchev–Trinajstić information content (AvgIpc) is 2.71. The van der Waals surface area contributed by atoms with Gasteiger partial charge in [0.1, 0.15) is 5.75 Å². The van der Waals surface area contributed by atoms with Crippen molar-refractivity contribution < 1.29 is 19.1 Å². The molecule has 0 spiro atoms. The second-order valence-corrected chi connectivity index (χ2v) is 9.50. The fourth-order valence-electron chi connectivity index (χ4n) is 2.78. The molecule has 3 N–H and O–H groups in total. The number of hydrogen-bond donors (Lipinski definition) is 3. The van der Waals surface area contributed by atoms with Crippen molar-refractivity contribution in [2.75, 3.05) is 11.9 Å². The van der Waals surface area contributed by atoms with Crippen LogP contribution in [0.5, 0.6) is 5.75 Å². The molecule has 172 valence electrons. The summed E-state index contributed by atoms with van der Waals surface area (Å²) in [6, 6.07) is 11.5. The summed E-state index contributed by atoms with van der Waals surface area (Å²) in [5.41, 5.74) is 8.41. The smallest absolute Gasteiger partial charge is 0.276 e. The first-order valence-electron chi connectivity index (χ1n) is 10.3. The van der Waals surface area contributed by atoms with Crippen molar-refractivity contribution in [3.05, 3.63) is 57.6 Å². The van der Waals surface area contributed by atoms with E-state index in [1.54, 1.807) is 6.07 Å². The molecule has 0 saturated heterocycles. The number of amides is 3. The van der Waals surface area contributed by atoms with Gasteiger partial charge in [0.2, 0.25) is 11.8 Å². The maximum absolute atomic E-state index is 12.1. The van der Waals surface area contributed by atoms with E-state index >= 15 is 0 Å². The number of rotatable bonds is 7. The van der Waals surface area contributed by atoms with Crippen molar-refractivity contribution in [2.24, 2.45) is 0 Å². The number of anilines is 1. The lowest BCUT2D eigenvalue weighted by Gasteiger charge is -2.20. The van der Waals surface area contributed by atoms with Crippen molar-refractivity contribution in [3.63, 3.8) is 0 Å². The van der Waals surface area contributed by atoms with Gasteiger partial charge < -0.3 is 10.1 Å². The third-order valence-electron chi connectivity index (χ3n) is 4.74. The highest BCUT2D eigenvalue weighted by atomic mass is 79.9. The van der Waals surface area contributed by atoms with Gasteiger partial charge in [0.25, 0.3) is 5.91 Å². The summed E-state index contributed by atoms with van der Waals surface area (Å²) in [5, 5.41) is 2.80. The lowest BCUT2D eigenvalue weighted by Crippen LogP contribution is -2.44. The zero-order valence-electron chi connectivity index (χ0n) is 19.1. The molecule has 2 aromatic carbocycles. The molecule has 0 aliphatic carbocycles.